The van der Waals surface area contributed by atoms with Gasteiger partial charge in [-0.15, -0.1) is 0 Å². The molecular weight excluding hydrogens is 394 g/mol. The smallest absolute Gasteiger partial charge is 0.0847 e. The second-order valence-electron chi connectivity index (χ2n) is 9.58. The molecule has 0 radical (unpaired) electrons. The van der Waals surface area contributed by atoms with Gasteiger partial charge in [0.1, 0.15) is 0 Å². The van der Waals surface area contributed by atoms with E-state index in [4.69, 9.17) is 5.10 Å². The number of hydrogen-bond donors (Lipinski definition) is 1. The van der Waals surface area contributed by atoms with Gasteiger partial charge in [-0.25, -0.2) is 4.68 Å². The standard InChI is InChI=1S/C28H27N3O/c1-18-8-11-22(12-9-18)31-25-15-21-10-13-24(28(21,2)16-20(25)17-30-31)27(32)23-7-3-5-19-6-4-14-29-26(19)23/h3-9,11-12,14-15,17,24,27,32H,10,13,16H2,1-2H3/t24-,27-,28+/m1/s1. The molecule has 160 valence electrons. The number of pyridine rings is 1. The van der Waals surface area contributed by atoms with Gasteiger partial charge in [-0.1, -0.05) is 54.5 Å². The van der Waals surface area contributed by atoms with Crippen LogP contribution in [-0.2, 0) is 6.42 Å². The van der Waals surface area contributed by atoms with Crippen LogP contribution in [0.15, 0.2) is 72.6 Å². The number of aromatic nitrogens is 3. The molecule has 0 bridgehead atoms. The van der Waals surface area contributed by atoms with Gasteiger partial charge in [-0.05, 0) is 67.4 Å². The lowest BCUT2D eigenvalue weighted by Crippen LogP contribution is -2.32. The summed E-state index contributed by atoms with van der Waals surface area (Å²) in [5.41, 5.74) is 7.98. The number of para-hydroxylation sites is 1. The van der Waals surface area contributed by atoms with Gasteiger partial charge in [0, 0.05) is 17.1 Å². The van der Waals surface area contributed by atoms with Gasteiger partial charge in [-0.3, -0.25) is 4.98 Å². The molecule has 4 heteroatoms. The number of fused-ring (bicyclic) bond motifs is 3. The molecule has 1 fully saturated rings. The average molecular weight is 422 g/mol. The molecule has 2 aromatic carbocycles. The summed E-state index contributed by atoms with van der Waals surface area (Å²) in [7, 11) is 0. The van der Waals surface area contributed by atoms with Crippen LogP contribution in [0.2, 0.25) is 0 Å². The summed E-state index contributed by atoms with van der Waals surface area (Å²) in [5, 5.41) is 17.4. The molecule has 1 N–H and O–H groups in total. The second-order valence-corrected chi connectivity index (χ2v) is 9.58. The molecule has 6 rings (SSSR count). The predicted molar refractivity (Wildman–Crippen MR) is 128 cm³/mol. The van der Waals surface area contributed by atoms with E-state index in [0.29, 0.717) is 0 Å². The molecule has 1 saturated carbocycles. The van der Waals surface area contributed by atoms with Crippen LogP contribution in [0, 0.1) is 18.3 Å². The van der Waals surface area contributed by atoms with Crippen molar-refractivity contribution in [2.45, 2.75) is 39.2 Å². The van der Waals surface area contributed by atoms with Crippen molar-refractivity contribution in [3.8, 4) is 5.69 Å². The van der Waals surface area contributed by atoms with E-state index in [1.54, 1.807) is 0 Å². The van der Waals surface area contributed by atoms with Crippen LogP contribution >= 0.6 is 0 Å². The zero-order valence-electron chi connectivity index (χ0n) is 18.5. The maximum absolute atomic E-state index is 11.6. The van der Waals surface area contributed by atoms with Crippen LogP contribution in [0.3, 0.4) is 0 Å². The molecule has 3 atom stereocenters. The summed E-state index contributed by atoms with van der Waals surface area (Å²) in [5.74, 6) is 0.150. The van der Waals surface area contributed by atoms with Gasteiger partial charge < -0.3 is 5.11 Å². The van der Waals surface area contributed by atoms with E-state index in [1.807, 2.05) is 30.6 Å². The Balaban J connectivity index is 1.38. The Morgan fingerprint density at radius 3 is 2.75 bits per heavy atom. The van der Waals surface area contributed by atoms with Gasteiger partial charge in [0.05, 0.1) is 29.2 Å². The second kappa shape index (κ2) is 7.14. The molecule has 0 aliphatic heterocycles. The van der Waals surface area contributed by atoms with Crippen molar-refractivity contribution >= 4 is 17.0 Å². The maximum atomic E-state index is 11.6. The molecule has 0 amide bonds. The topological polar surface area (TPSA) is 50.9 Å². The molecule has 4 aromatic rings. The summed E-state index contributed by atoms with van der Waals surface area (Å²) in [6, 6.07) is 18.7. The molecule has 0 spiro atoms. The Morgan fingerprint density at radius 1 is 1.09 bits per heavy atom. The van der Waals surface area contributed by atoms with Crippen LogP contribution < -0.4 is 0 Å². The molecule has 2 heterocycles. The van der Waals surface area contributed by atoms with Crippen LogP contribution in [0.4, 0.5) is 0 Å². The predicted octanol–water partition coefficient (Wildman–Crippen LogP) is 5.82. The highest BCUT2D eigenvalue weighted by molar-refractivity contribution is 5.82. The average Bonchev–Trinajstić information content (AvgIpc) is 3.36. The van der Waals surface area contributed by atoms with Gasteiger partial charge in [0.25, 0.3) is 0 Å². The minimum atomic E-state index is -0.543. The largest absolute Gasteiger partial charge is 0.388 e. The summed E-state index contributed by atoms with van der Waals surface area (Å²) in [4.78, 5) is 4.59. The Kier molecular flexibility index (Phi) is 4.34. The molecule has 4 nitrogen and oxygen atoms in total. The zero-order chi connectivity index (χ0) is 21.9. The van der Waals surface area contributed by atoms with Crippen LogP contribution in [0.1, 0.15) is 48.3 Å². The van der Waals surface area contributed by atoms with Crippen molar-refractivity contribution in [2.75, 3.05) is 0 Å². The molecule has 0 saturated heterocycles. The van der Waals surface area contributed by atoms with Gasteiger partial charge in [0.2, 0.25) is 0 Å². The number of aryl methyl sites for hydroxylation is 1. The van der Waals surface area contributed by atoms with Crippen LogP contribution in [-0.4, -0.2) is 19.9 Å². The summed E-state index contributed by atoms with van der Waals surface area (Å²) < 4.78 is 2.06. The Morgan fingerprint density at radius 2 is 1.91 bits per heavy atom. The van der Waals surface area contributed by atoms with Crippen molar-refractivity contribution in [3.05, 3.63) is 94.9 Å². The summed E-state index contributed by atoms with van der Waals surface area (Å²) in [6.07, 6.45) is 8.50. The Bertz CT molecular complexity index is 1350. The molecule has 2 aliphatic carbocycles. The maximum Gasteiger partial charge on any atom is 0.0847 e. The summed E-state index contributed by atoms with van der Waals surface area (Å²) in [6.45, 7) is 4.43. The third kappa shape index (κ3) is 2.86. The number of allylic oxidation sites excluding steroid dienone is 1. The van der Waals surface area contributed by atoms with Crippen molar-refractivity contribution in [1.82, 2.24) is 14.8 Å². The first-order valence-corrected chi connectivity index (χ1v) is 11.4. The first-order chi connectivity index (χ1) is 15.5. The number of aliphatic hydroxyl groups is 1. The van der Waals surface area contributed by atoms with Crippen molar-refractivity contribution in [1.29, 1.82) is 0 Å². The van der Waals surface area contributed by atoms with E-state index >= 15 is 0 Å². The minimum absolute atomic E-state index is 0.0789. The SMILES string of the molecule is Cc1ccc(-n2ncc3c2C=C2CC[C@H]([C@H](O)c4cccc5cccnc45)[C@@]2(C)C3)cc1. The molecule has 0 unspecified atom stereocenters. The van der Waals surface area contributed by atoms with E-state index in [-0.39, 0.29) is 11.3 Å². The van der Waals surface area contributed by atoms with E-state index in [2.05, 4.69) is 66.0 Å². The minimum Gasteiger partial charge on any atom is -0.388 e. The molecule has 32 heavy (non-hydrogen) atoms. The number of rotatable bonds is 3. The highest BCUT2D eigenvalue weighted by Gasteiger charge is 2.48. The first-order valence-electron chi connectivity index (χ1n) is 11.4. The summed E-state index contributed by atoms with van der Waals surface area (Å²) >= 11 is 0. The lowest BCUT2D eigenvalue weighted by Gasteiger charge is -2.38. The highest BCUT2D eigenvalue weighted by Crippen LogP contribution is 2.57. The van der Waals surface area contributed by atoms with E-state index in [9.17, 15) is 5.11 Å². The molecule has 2 aromatic heterocycles. The monoisotopic (exact) mass is 421 g/mol. The third-order valence-corrected chi connectivity index (χ3v) is 7.67. The molecular formula is C28H27N3O. The zero-order valence-corrected chi connectivity index (χ0v) is 18.5. The lowest BCUT2D eigenvalue weighted by molar-refractivity contribution is 0.0565. The first kappa shape index (κ1) is 19.4. The number of hydrogen-bond acceptors (Lipinski definition) is 3. The Hall–Kier alpha value is -3.24. The fourth-order valence-corrected chi connectivity index (χ4v) is 5.86. The fourth-order valence-electron chi connectivity index (χ4n) is 5.86. The van der Waals surface area contributed by atoms with Crippen LogP contribution in [0.25, 0.3) is 22.7 Å². The van der Waals surface area contributed by atoms with Crippen LogP contribution in [0.5, 0.6) is 0 Å². The number of aliphatic hydroxyl groups excluding tert-OH is 1. The molecule has 2 aliphatic rings. The normalized spacial score (nSPS) is 23.0. The third-order valence-electron chi connectivity index (χ3n) is 7.67. The van der Waals surface area contributed by atoms with Gasteiger partial charge in [-0.2, -0.15) is 5.10 Å². The lowest BCUT2D eigenvalue weighted by atomic mass is 9.67. The van der Waals surface area contributed by atoms with Crippen molar-refractivity contribution < 1.29 is 5.11 Å². The van der Waals surface area contributed by atoms with Crippen molar-refractivity contribution in [3.63, 3.8) is 0 Å². The quantitative estimate of drug-likeness (QED) is 0.454. The van der Waals surface area contributed by atoms with Crippen molar-refractivity contribution in [2.24, 2.45) is 11.3 Å². The highest BCUT2D eigenvalue weighted by atomic mass is 16.3. The van der Waals surface area contributed by atoms with E-state index < -0.39 is 6.10 Å². The van der Waals surface area contributed by atoms with Gasteiger partial charge >= 0.3 is 0 Å². The Labute approximate surface area is 188 Å². The fraction of sp³-hybridized carbons (Fsp3) is 0.286. The number of nitrogens with zero attached hydrogens (tertiary/aromatic N) is 3. The number of benzene rings is 2. The van der Waals surface area contributed by atoms with E-state index in [0.717, 1.165) is 41.4 Å². The van der Waals surface area contributed by atoms with Gasteiger partial charge in [0.15, 0.2) is 0 Å². The van der Waals surface area contributed by atoms with E-state index in [1.165, 1.54) is 22.4 Å².